The molecule has 15 heteroatoms. The molecule has 1 aromatic heterocycles. The van der Waals surface area contributed by atoms with Crippen molar-refractivity contribution < 1.29 is 36.3 Å². The lowest BCUT2D eigenvalue weighted by molar-refractivity contribution is -0.192. The fraction of sp³-hybridized carbons (Fsp3) is 0.240. The summed E-state index contributed by atoms with van der Waals surface area (Å²) in [5.74, 6) is -3.06. The summed E-state index contributed by atoms with van der Waals surface area (Å²) in [6.45, 7) is 3.37. The second-order valence-electron chi connectivity index (χ2n) is 8.37. The van der Waals surface area contributed by atoms with Crippen LogP contribution in [0.4, 0.5) is 24.5 Å². The maximum Gasteiger partial charge on any atom is 0.490 e. The summed E-state index contributed by atoms with van der Waals surface area (Å²) in [6.07, 6.45) is -1.76. The molecule has 0 bridgehead atoms. The van der Waals surface area contributed by atoms with Crippen molar-refractivity contribution >= 4 is 44.9 Å². The van der Waals surface area contributed by atoms with Crippen LogP contribution in [-0.4, -0.2) is 62.7 Å². The molecule has 40 heavy (non-hydrogen) atoms. The molecular weight excluding hydrogens is 575 g/mol. The molecule has 1 fully saturated rings. The maximum atomic E-state index is 13.0. The van der Waals surface area contributed by atoms with E-state index in [1.54, 1.807) is 30.6 Å². The third-order valence-electron chi connectivity index (χ3n) is 5.53. The monoisotopic (exact) mass is 599 g/mol. The van der Waals surface area contributed by atoms with Gasteiger partial charge in [-0.1, -0.05) is 11.6 Å². The van der Waals surface area contributed by atoms with Crippen LogP contribution in [0.1, 0.15) is 15.9 Å². The number of benzene rings is 2. The standard InChI is InChI=1S/C23H24ClN5O3S.C2HF3O2/c24-19-2-4-20(5-3-19)33(31,32)28-21-15-18(1-6-22(21)29-13-11-26-12-14-29)23(30)27-16-17-7-9-25-10-8-17;3-2(4,5)1(6)7/h1-10,15,26,28H,11-14,16H2,(H,27,30);(H,6,7). The van der Waals surface area contributed by atoms with Gasteiger partial charge in [0.1, 0.15) is 0 Å². The number of nitrogens with zero attached hydrogens (tertiary/aromatic N) is 2. The van der Waals surface area contributed by atoms with Crippen molar-refractivity contribution in [3.8, 4) is 0 Å². The number of aromatic nitrogens is 1. The van der Waals surface area contributed by atoms with Crippen molar-refractivity contribution in [1.82, 2.24) is 15.6 Å². The number of hydrogen-bond donors (Lipinski definition) is 4. The van der Waals surface area contributed by atoms with Crippen molar-refractivity contribution in [2.24, 2.45) is 0 Å². The summed E-state index contributed by atoms with van der Waals surface area (Å²) in [5.41, 5.74) is 2.35. The highest BCUT2D eigenvalue weighted by atomic mass is 35.5. The second-order valence-corrected chi connectivity index (χ2v) is 10.5. The predicted octanol–water partition coefficient (Wildman–Crippen LogP) is 3.51. The van der Waals surface area contributed by atoms with Gasteiger partial charge in [-0.15, -0.1) is 0 Å². The zero-order chi connectivity index (χ0) is 29.3. The number of carboxylic acids is 1. The van der Waals surface area contributed by atoms with Crippen LogP contribution in [0.5, 0.6) is 0 Å². The highest BCUT2D eigenvalue weighted by molar-refractivity contribution is 7.92. The van der Waals surface area contributed by atoms with E-state index in [0.29, 0.717) is 22.8 Å². The van der Waals surface area contributed by atoms with Gasteiger partial charge in [-0.05, 0) is 60.2 Å². The number of aliphatic carboxylic acids is 1. The van der Waals surface area contributed by atoms with Crippen molar-refractivity contribution in [2.45, 2.75) is 17.6 Å². The lowest BCUT2D eigenvalue weighted by Gasteiger charge is -2.31. The van der Waals surface area contributed by atoms with Crippen LogP contribution in [0.3, 0.4) is 0 Å². The Bertz CT molecular complexity index is 1420. The van der Waals surface area contributed by atoms with Gasteiger partial charge in [0, 0.05) is 55.7 Å². The average molecular weight is 600 g/mol. The number of halogens is 4. The number of anilines is 2. The van der Waals surface area contributed by atoms with E-state index in [1.807, 2.05) is 12.1 Å². The number of pyridine rings is 1. The molecule has 1 saturated heterocycles. The van der Waals surface area contributed by atoms with Crippen LogP contribution in [0.15, 0.2) is 71.9 Å². The summed E-state index contributed by atoms with van der Waals surface area (Å²) in [6, 6.07) is 14.6. The fourth-order valence-electron chi connectivity index (χ4n) is 3.54. The van der Waals surface area contributed by atoms with Crippen molar-refractivity contribution in [3.63, 3.8) is 0 Å². The van der Waals surface area contributed by atoms with Crippen molar-refractivity contribution in [3.05, 3.63) is 83.1 Å². The first-order chi connectivity index (χ1) is 18.9. The van der Waals surface area contributed by atoms with Gasteiger partial charge in [0.25, 0.3) is 15.9 Å². The topological polar surface area (TPSA) is 141 Å². The molecule has 4 N–H and O–H groups in total. The lowest BCUT2D eigenvalue weighted by atomic mass is 10.1. The third-order valence-corrected chi connectivity index (χ3v) is 7.16. The number of rotatable bonds is 7. The van der Waals surface area contributed by atoms with Gasteiger partial charge < -0.3 is 20.6 Å². The number of alkyl halides is 3. The van der Waals surface area contributed by atoms with E-state index in [9.17, 15) is 26.4 Å². The lowest BCUT2D eigenvalue weighted by Crippen LogP contribution is -2.43. The van der Waals surface area contributed by atoms with E-state index in [-0.39, 0.29) is 10.8 Å². The molecule has 0 radical (unpaired) electrons. The summed E-state index contributed by atoms with van der Waals surface area (Å²) in [5, 5.41) is 13.7. The van der Waals surface area contributed by atoms with Gasteiger partial charge in [0.2, 0.25) is 0 Å². The molecule has 1 amide bonds. The molecule has 214 valence electrons. The van der Waals surface area contributed by atoms with Gasteiger partial charge in [-0.3, -0.25) is 14.5 Å². The quantitative estimate of drug-likeness (QED) is 0.323. The third kappa shape index (κ3) is 8.83. The predicted molar refractivity (Wildman–Crippen MR) is 143 cm³/mol. The highest BCUT2D eigenvalue weighted by Crippen LogP contribution is 2.30. The smallest absolute Gasteiger partial charge is 0.475 e. The van der Waals surface area contributed by atoms with Gasteiger partial charge in [0.05, 0.1) is 16.3 Å². The first kappa shape index (κ1) is 30.7. The summed E-state index contributed by atoms with van der Waals surface area (Å²) in [4.78, 5) is 27.8. The molecule has 0 aliphatic carbocycles. The second kappa shape index (κ2) is 13.5. The number of carboxylic acid groups (broad SMARTS) is 1. The maximum absolute atomic E-state index is 13.0. The normalized spacial score (nSPS) is 13.6. The molecule has 2 aromatic carbocycles. The minimum absolute atomic E-state index is 0.0886. The fourth-order valence-corrected chi connectivity index (χ4v) is 4.73. The minimum Gasteiger partial charge on any atom is -0.475 e. The Labute approximate surface area is 233 Å². The minimum atomic E-state index is -5.08. The molecule has 3 aromatic rings. The van der Waals surface area contributed by atoms with Crippen LogP contribution >= 0.6 is 11.6 Å². The number of hydrogen-bond acceptors (Lipinski definition) is 7. The van der Waals surface area contributed by atoms with Crippen LogP contribution in [0.25, 0.3) is 0 Å². The molecule has 4 rings (SSSR count). The zero-order valence-electron chi connectivity index (χ0n) is 20.8. The number of carbonyl (C=O) groups excluding carboxylic acids is 1. The van der Waals surface area contributed by atoms with Crippen LogP contribution in [0.2, 0.25) is 5.02 Å². The first-order valence-electron chi connectivity index (χ1n) is 11.7. The molecule has 0 spiro atoms. The number of amides is 1. The molecule has 0 unspecified atom stereocenters. The number of piperazine rings is 1. The Kier molecular flexibility index (Phi) is 10.3. The zero-order valence-corrected chi connectivity index (χ0v) is 22.4. The number of nitrogens with one attached hydrogen (secondary N) is 3. The average Bonchev–Trinajstić information content (AvgIpc) is 2.92. The van der Waals surface area contributed by atoms with Crippen LogP contribution in [0, 0.1) is 0 Å². The van der Waals surface area contributed by atoms with E-state index in [1.165, 1.54) is 24.3 Å². The van der Waals surface area contributed by atoms with E-state index in [4.69, 9.17) is 21.5 Å². The van der Waals surface area contributed by atoms with E-state index < -0.39 is 22.2 Å². The van der Waals surface area contributed by atoms with Gasteiger partial charge in [0.15, 0.2) is 0 Å². The van der Waals surface area contributed by atoms with Crippen LogP contribution < -0.4 is 20.3 Å². The van der Waals surface area contributed by atoms with Gasteiger partial charge >= 0.3 is 12.1 Å². The Morgan fingerprint density at radius 3 is 2.20 bits per heavy atom. The summed E-state index contributed by atoms with van der Waals surface area (Å²) in [7, 11) is -3.88. The van der Waals surface area contributed by atoms with Crippen molar-refractivity contribution in [1.29, 1.82) is 0 Å². The SMILES string of the molecule is O=C(NCc1ccncc1)c1ccc(N2CCNCC2)c(NS(=O)(=O)c2ccc(Cl)cc2)c1.O=C(O)C(F)(F)F. The first-order valence-corrected chi connectivity index (χ1v) is 13.6. The van der Waals surface area contributed by atoms with E-state index in [0.717, 1.165) is 37.4 Å². The number of sulfonamides is 1. The molecule has 2 heterocycles. The molecule has 0 atom stereocenters. The molecule has 1 aliphatic heterocycles. The Morgan fingerprint density at radius 2 is 1.62 bits per heavy atom. The van der Waals surface area contributed by atoms with Crippen LogP contribution in [-0.2, 0) is 21.4 Å². The Hall–Kier alpha value is -3.88. The molecular formula is C25H25ClF3N5O5S. The highest BCUT2D eigenvalue weighted by Gasteiger charge is 2.38. The Balaban J connectivity index is 0.000000559. The van der Waals surface area contributed by atoms with E-state index in [2.05, 4.69) is 25.2 Å². The van der Waals surface area contributed by atoms with Gasteiger partial charge in [-0.2, -0.15) is 13.2 Å². The molecule has 1 aliphatic rings. The largest absolute Gasteiger partial charge is 0.490 e. The van der Waals surface area contributed by atoms with Gasteiger partial charge in [-0.25, -0.2) is 13.2 Å². The molecule has 0 saturated carbocycles. The molecule has 10 nitrogen and oxygen atoms in total. The van der Waals surface area contributed by atoms with Crippen molar-refractivity contribution in [2.75, 3.05) is 35.8 Å². The Morgan fingerprint density at radius 1 is 1.02 bits per heavy atom. The summed E-state index contributed by atoms with van der Waals surface area (Å²) >= 11 is 5.90. The van der Waals surface area contributed by atoms with E-state index >= 15 is 0 Å². The summed E-state index contributed by atoms with van der Waals surface area (Å²) < 4.78 is 60.5. The number of carbonyl (C=O) groups is 2.